The number of hydrogen-bond acceptors (Lipinski definition) is 4. The van der Waals surface area contributed by atoms with Crippen LogP contribution in [0.2, 0.25) is 0 Å². The lowest BCUT2D eigenvalue weighted by atomic mass is 9.46. The van der Waals surface area contributed by atoms with Crippen LogP contribution in [-0.2, 0) is 9.53 Å². The van der Waals surface area contributed by atoms with Crippen LogP contribution in [0.1, 0.15) is 39.5 Å². The summed E-state index contributed by atoms with van der Waals surface area (Å²) in [6.07, 6.45) is 4.24. The number of likely N-dealkylation sites (tertiary alicyclic amines) is 1. The molecule has 1 amide bonds. The molecule has 2 aliphatic carbocycles. The van der Waals surface area contributed by atoms with Gasteiger partial charge in [-0.15, -0.1) is 0 Å². The SMILES string of the molecule is CC1(C)C2OCCCC2C1(N)C(=O)N1CC(O)(C2CC2)C1. The van der Waals surface area contributed by atoms with Crippen molar-refractivity contribution in [2.75, 3.05) is 19.7 Å². The maximum absolute atomic E-state index is 13.0. The fourth-order valence-electron chi connectivity index (χ4n) is 4.91. The average molecular weight is 294 g/mol. The first-order chi connectivity index (χ1) is 9.81. The number of amides is 1. The molecule has 0 aromatic rings. The largest absolute Gasteiger partial charge is 0.386 e. The van der Waals surface area contributed by atoms with E-state index in [1.54, 1.807) is 4.90 Å². The van der Waals surface area contributed by atoms with Gasteiger partial charge in [0.2, 0.25) is 5.91 Å². The molecule has 2 aliphatic heterocycles. The number of β-amino-alcohol motifs (C(OH)–C–C–N with tert-alkyl or cyclic N) is 1. The molecular weight excluding hydrogens is 268 g/mol. The molecule has 5 heteroatoms. The van der Waals surface area contributed by atoms with E-state index < -0.39 is 11.1 Å². The number of carbonyl (C=O) groups is 1. The van der Waals surface area contributed by atoms with E-state index in [0.717, 1.165) is 32.3 Å². The molecule has 2 heterocycles. The van der Waals surface area contributed by atoms with E-state index in [1.165, 1.54) is 0 Å². The van der Waals surface area contributed by atoms with E-state index in [0.29, 0.717) is 19.0 Å². The summed E-state index contributed by atoms with van der Waals surface area (Å²) in [5.41, 5.74) is 4.82. The van der Waals surface area contributed by atoms with Crippen molar-refractivity contribution >= 4 is 5.91 Å². The molecule has 2 saturated carbocycles. The van der Waals surface area contributed by atoms with Crippen LogP contribution < -0.4 is 5.73 Å². The van der Waals surface area contributed by atoms with Crippen LogP contribution in [0, 0.1) is 17.3 Å². The Labute approximate surface area is 125 Å². The molecule has 4 fully saturated rings. The normalized spacial score (nSPS) is 43.5. The van der Waals surface area contributed by atoms with Crippen LogP contribution >= 0.6 is 0 Å². The Morgan fingerprint density at radius 1 is 1.29 bits per heavy atom. The highest BCUT2D eigenvalue weighted by Crippen LogP contribution is 2.58. The van der Waals surface area contributed by atoms with Gasteiger partial charge in [0.1, 0.15) is 11.1 Å². The summed E-state index contributed by atoms with van der Waals surface area (Å²) >= 11 is 0. The quantitative estimate of drug-likeness (QED) is 0.778. The number of ether oxygens (including phenoxy) is 1. The molecule has 0 aromatic heterocycles. The lowest BCUT2D eigenvalue weighted by Crippen LogP contribution is -2.84. The summed E-state index contributed by atoms with van der Waals surface area (Å²) in [4.78, 5) is 14.7. The zero-order valence-corrected chi connectivity index (χ0v) is 13.0. The second-order valence-corrected chi connectivity index (χ2v) is 8.17. The molecule has 21 heavy (non-hydrogen) atoms. The number of nitrogens with two attached hydrogens (primary N) is 1. The zero-order valence-electron chi connectivity index (χ0n) is 13.0. The number of rotatable bonds is 2. The predicted molar refractivity (Wildman–Crippen MR) is 77.4 cm³/mol. The van der Waals surface area contributed by atoms with E-state index in [9.17, 15) is 9.90 Å². The van der Waals surface area contributed by atoms with E-state index in [1.807, 2.05) is 13.8 Å². The summed E-state index contributed by atoms with van der Waals surface area (Å²) in [5, 5.41) is 10.4. The maximum Gasteiger partial charge on any atom is 0.243 e. The van der Waals surface area contributed by atoms with E-state index in [2.05, 4.69) is 0 Å². The second-order valence-electron chi connectivity index (χ2n) is 8.17. The summed E-state index contributed by atoms with van der Waals surface area (Å²) in [6.45, 7) is 5.79. The molecule has 5 nitrogen and oxygen atoms in total. The summed E-state index contributed by atoms with van der Waals surface area (Å²) in [5.74, 6) is 0.545. The Balaban J connectivity index is 1.51. The highest BCUT2D eigenvalue weighted by molar-refractivity contribution is 5.90. The number of nitrogens with zero attached hydrogens (tertiary/aromatic N) is 1. The van der Waals surface area contributed by atoms with Gasteiger partial charge in [0, 0.05) is 17.9 Å². The third kappa shape index (κ3) is 1.60. The minimum atomic E-state index is -0.830. The topological polar surface area (TPSA) is 75.8 Å². The second kappa shape index (κ2) is 4.00. The number of hydrogen-bond donors (Lipinski definition) is 2. The average Bonchev–Trinajstić information content (AvgIpc) is 3.27. The fourth-order valence-corrected chi connectivity index (χ4v) is 4.91. The Morgan fingerprint density at radius 2 is 1.95 bits per heavy atom. The van der Waals surface area contributed by atoms with E-state index in [-0.39, 0.29) is 23.3 Å². The fraction of sp³-hybridized carbons (Fsp3) is 0.938. The van der Waals surface area contributed by atoms with Gasteiger partial charge < -0.3 is 20.5 Å². The van der Waals surface area contributed by atoms with E-state index in [4.69, 9.17) is 10.5 Å². The molecule has 4 rings (SSSR count). The van der Waals surface area contributed by atoms with Crippen molar-refractivity contribution in [2.45, 2.75) is 56.8 Å². The van der Waals surface area contributed by atoms with Crippen molar-refractivity contribution < 1.29 is 14.6 Å². The summed E-state index contributed by atoms with van der Waals surface area (Å²) < 4.78 is 5.86. The van der Waals surface area contributed by atoms with Gasteiger partial charge in [-0.2, -0.15) is 0 Å². The van der Waals surface area contributed by atoms with Crippen LogP contribution in [0.25, 0.3) is 0 Å². The standard InChI is InChI=1S/C16H26N2O3/c1-14(2)12-11(4-3-7-21-12)16(14,17)13(19)18-8-15(20,9-18)10-5-6-10/h10-12,20H,3-9,17H2,1-2H3. The molecule has 3 atom stereocenters. The van der Waals surface area contributed by atoms with Gasteiger partial charge in [-0.1, -0.05) is 13.8 Å². The lowest BCUT2D eigenvalue weighted by molar-refractivity contribution is -0.237. The first-order valence-electron chi connectivity index (χ1n) is 8.23. The predicted octanol–water partition coefficient (Wildman–Crippen LogP) is 0.502. The van der Waals surface area contributed by atoms with Crippen molar-refractivity contribution in [3.05, 3.63) is 0 Å². The van der Waals surface area contributed by atoms with Crippen LogP contribution in [-0.4, -0.2) is 52.9 Å². The van der Waals surface area contributed by atoms with Gasteiger partial charge in [-0.3, -0.25) is 4.79 Å². The van der Waals surface area contributed by atoms with Gasteiger partial charge in [0.15, 0.2) is 0 Å². The van der Waals surface area contributed by atoms with Crippen LogP contribution in [0.15, 0.2) is 0 Å². The molecule has 118 valence electrons. The first kappa shape index (κ1) is 14.0. The van der Waals surface area contributed by atoms with E-state index >= 15 is 0 Å². The highest BCUT2D eigenvalue weighted by Gasteiger charge is 2.72. The van der Waals surface area contributed by atoms with Crippen molar-refractivity contribution in [1.82, 2.24) is 4.90 Å². The Morgan fingerprint density at radius 3 is 2.57 bits per heavy atom. The zero-order chi connectivity index (χ0) is 15.0. The van der Waals surface area contributed by atoms with Crippen LogP contribution in [0.4, 0.5) is 0 Å². The maximum atomic E-state index is 13.0. The Hall–Kier alpha value is -0.650. The van der Waals surface area contributed by atoms with Crippen molar-refractivity contribution in [2.24, 2.45) is 23.0 Å². The molecule has 0 bridgehead atoms. The number of aliphatic hydroxyl groups is 1. The monoisotopic (exact) mass is 294 g/mol. The van der Waals surface area contributed by atoms with Crippen molar-refractivity contribution in [1.29, 1.82) is 0 Å². The highest BCUT2D eigenvalue weighted by atomic mass is 16.5. The van der Waals surface area contributed by atoms with Gasteiger partial charge in [0.25, 0.3) is 0 Å². The first-order valence-corrected chi connectivity index (χ1v) is 8.23. The minimum absolute atomic E-state index is 0.0181. The third-order valence-electron chi connectivity index (χ3n) is 6.59. The van der Waals surface area contributed by atoms with Crippen LogP contribution in [0.5, 0.6) is 0 Å². The Kier molecular flexibility index (Phi) is 2.66. The van der Waals surface area contributed by atoms with Crippen molar-refractivity contribution in [3.8, 4) is 0 Å². The summed E-state index contributed by atoms with van der Waals surface area (Å²) in [7, 11) is 0. The molecular formula is C16H26N2O3. The van der Waals surface area contributed by atoms with Gasteiger partial charge >= 0.3 is 0 Å². The van der Waals surface area contributed by atoms with Crippen LogP contribution in [0.3, 0.4) is 0 Å². The number of carbonyl (C=O) groups excluding carboxylic acids is 1. The molecule has 0 spiro atoms. The molecule has 0 radical (unpaired) electrons. The van der Waals surface area contributed by atoms with Gasteiger partial charge in [-0.25, -0.2) is 0 Å². The van der Waals surface area contributed by atoms with Crippen molar-refractivity contribution in [3.63, 3.8) is 0 Å². The molecule has 0 aromatic carbocycles. The molecule has 2 saturated heterocycles. The number of fused-ring (bicyclic) bond motifs is 1. The Bertz CT molecular complexity index is 482. The van der Waals surface area contributed by atoms with Gasteiger partial charge in [0.05, 0.1) is 19.2 Å². The van der Waals surface area contributed by atoms with Gasteiger partial charge in [-0.05, 0) is 31.6 Å². The molecule has 4 aliphatic rings. The molecule has 3 unspecified atom stereocenters. The third-order valence-corrected chi connectivity index (χ3v) is 6.59. The lowest BCUT2D eigenvalue weighted by Gasteiger charge is -2.67. The summed E-state index contributed by atoms with van der Waals surface area (Å²) in [6, 6.07) is 0. The minimum Gasteiger partial charge on any atom is -0.386 e. The molecule has 3 N–H and O–H groups in total. The smallest absolute Gasteiger partial charge is 0.243 e.